The molecule has 1 aliphatic rings. The highest BCUT2D eigenvalue weighted by Gasteiger charge is 2.28. The van der Waals surface area contributed by atoms with E-state index in [1.54, 1.807) is 23.2 Å². The number of nitro benzene ring substituents is 1. The van der Waals surface area contributed by atoms with Crippen LogP contribution in [0.1, 0.15) is 23.7 Å². The number of thioether (sulfide) groups is 1. The van der Waals surface area contributed by atoms with E-state index in [-0.39, 0.29) is 22.9 Å². The third-order valence-corrected chi connectivity index (χ3v) is 5.82. The lowest BCUT2D eigenvalue weighted by Crippen LogP contribution is -2.44. The summed E-state index contributed by atoms with van der Waals surface area (Å²) in [6.07, 6.45) is 2.11. The summed E-state index contributed by atoms with van der Waals surface area (Å²) in [7, 11) is 0. The predicted octanol–water partition coefficient (Wildman–Crippen LogP) is 2.94. The lowest BCUT2D eigenvalue weighted by molar-refractivity contribution is -0.384. The number of ether oxygens (including phenoxy) is 2. The molecule has 30 heavy (non-hydrogen) atoms. The number of pyridine rings is 1. The monoisotopic (exact) mass is 431 g/mol. The Labute approximate surface area is 177 Å². The van der Waals surface area contributed by atoms with E-state index >= 15 is 0 Å². The zero-order valence-electron chi connectivity index (χ0n) is 16.4. The van der Waals surface area contributed by atoms with Crippen LogP contribution in [-0.4, -0.2) is 58.2 Å². The molecule has 0 N–H and O–H groups in total. The van der Waals surface area contributed by atoms with Crippen LogP contribution in [0.15, 0.2) is 47.6 Å². The molecule has 1 aromatic carbocycles. The molecule has 1 amide bonds. The first kappa shape index (κ1) is 21.7. The summed E-state index contributed by atoms with van der Waals surface area (Å²) in [6.45, 7) is 4.01. The van der Waals surface area contributed by atoms with E-state index in [0.29, 0.717) is 37.8 Å². The van der Waals surface area contributed by atoms with Crippen molar-refractivity contribution in [1.29, 1.82) is 0 Å². The van der Waals surface area contributed by atoms with E-state index in [2.05, 4.69) is 4.98 Å². The highest BCUT2D eigenvalue weighted by Crippen LogP contribution is 2.29. The zero-order chi connectivity index (χ0) is 21.5. The van der Waals surface area contributed by atoms with Crippen molar-refractivity contribution in [3.05, 3.63) is 58.3 Å². The number of hydrogen-bond donors (Lipinski definition) is 0. The Balaban J connectivity index is 1.76. The molecule has 0 unspecified atom stereocenters. The van der Waals surface area contributed by atoms with Crippen LogP contribution >= 0.6 is 11.8 Å². The standard InChI is InChI=1S/C20H21N3O6S/c1-2-17(19(24)22-9-11-28-12-10-22)30-18-16(7-4-8-21-18)20(25)29-15-6-3-5-14(13-15)23(26)27/h3-8,13,17H,2,9-12H2,1H3/t17-/m0/s1. The molecule has 1 aromatic heterocycles. The maximum Gasteiger partial charge on any atom is 0.346 e. The minimum Gasteiger partial charge on any atom is -0.423 e. The number of aromatic nitrogens is 1. The second kappa shape index (κ2) is 10.2. The molecule has 3 rings (SSSR count). The Morgan fingerprint density at radius 1 is 1.30 bits per heavy atom. The number of morpholine rings is 1. The minimum absolute atomic E-state index is 0.0190. The number of carbonyl (C=O) groups excluding carboxylic acids is 2. The number of benzene rings is 1. The molecule has 0 spiro atoms. The molecule has 9 nitrogen and oxygen atoms in total. The lowest BCUT2D eigenvalue weighted by atomic mass is 10.2. The Hall–Kier alpha value is -2.98. The smallest absolute Gasteiger partial charge is 0.346 e. The number of rotatable bonds is 7. The van der Waals surface area contributed by atoms with Crippen LogP contribution in [0.25, 0.3) is 0 Å². The largest absolute Gasteiger partial charge is 0.423 e. The third-order valence-electron chi connectivity index (χ3n) is 4.45. The van der Waals surface area contributed by atoms with Gasteiger partial charge >= 0.3 is 5.97 Å². The first-order valence-electron chi connectivity index (χ1n) is 9.44. The maximum absolute atomic E-state index is 12.8. The van der Waals surface area contributed by atoms with Gasteiger partial charge in [-0.15, -0.1) is 0 Å². The number of hydrogen-bond acceptors (Lipinski definition) is 8. The van der Waals surface area contributed by atoms with Crippen molar-refractivity contribution in [2.24, 2.45) is 0 Å². The van der Waals surface area contributed by atoms with Gasteiger partial charge in [-0.05, 0) is 24.6 Å². The molecule has 0 aliphatic carbocycles. The van der Waals surface area contributed by atoms with E-state index in [9.17, 15) is 19.7 Å². The van der Waals surface area contributed by atoms with E-state index in [0.717, 1.165) is 0 Å². The predicted molar refractivity (Wildman–Crippen MR) is 110 cm³/mol. The van der Waals surface area contributed by atoms with Gasteiger partial charge in [0.05, 0.1) is 35.0 Å². The molecule has 2 aromatic rings. The summed E-state index contributed by atoms with van der Waals surface area (Å²) < 4.78 is 10.6. The Bertz CT molecular complexity index is 932. The molecule has 0 saturated carbocycles. The van der Waals surface area contributed by atoms with Crippen molar-refractivity contribution in [2.75, 3.05) is 26.3 Å². The number of carbonyl (C=O) groups is 2. The van der Waals surface area contributed by atoms with Crippen molar-refractivity contribution in [3.8, 4) is 5.75 Å². The normalized spacial score (nSPS) is 14.8. The molecule has 1 fully saturated rings. The van der Waals surface area contributed by atoms with Gasteiger partial charge in [-0.25, -0.2) is 9.78 Å². The average molecular weight is 431 g/mol. The number of non-ortho nitro benzene ring substituents is 1. The molecule has 1 saturated heterocycles. The van der Waals surface area contributed by atoms with Crippen molar-refractivity contribution in [3.63, 3.8) is 0 Å². The fraction of sp³-hybridized carbons (Fsp3) is 0.350. The van der Waals surface area contributed by atoms with Crippen LogP contribution in [0.3, 0.4) is 0 Å². The fourth-order valence-corrected chi connectivity index (χ4v) is 3.98. The Morgan fingerprint density at radius 3 is 2.77 bits per heavy atom. The summed E-state index contributed by atoms with van der Waals surface area (Å²) in [5.41, 5.74) is 0.0190. The van der Waals surface area contributed by atoms with Gasteiger partial charge in [0.25, 0.3) is 5.69 Å². The summed E-state index contributed by atoms with van der Waals surface area (Å²) in [5.74, 6) is -0.653. The molecule has 1 aliphatic heterocycles. The van der Waals surface area contributed by atoms with Crippen molar-refractivity contribution in [1.82, 2.24) is 9.88 Å². The van der Waals surface area contributed by atoms with E-state index < -0.39 is 16.1 Å². The van der Waals surface area contributed by atoms with Crippen LogP contribution in [0.2, 0.25) is 0 Å². The summed E-state index contributed by atoms with van der Waals surface area (Å²) in [4.78, 5) is 41.9. The van der Waals surface area contributed by atoms with Gasteiger partial charge in [-0.3, -0.25) is 14.9 Å². The first-order chi connectivity index (χ1) is 14.5. The zero-order valence-corrected chi connectivity index (χ0v) is 17.2. The number of esters is 1. The summed E-state index contributed by atoms with van der Waals surface area (Å²) >= 11 is 1.21. The van der Waals surface area contributed by atoms with Gasteiger partial charge in [0.15, 0.2) is 0 Å². The van der Waals surface area contributed by atoms with Crippen LogP contribution < -0.4 is 4.74 Å². The summed E-state index contributed by atoms with van der Waals surface area (Å²) in [6, 6.07) is 8.54. The average Bonchev–Trinajstić information content (AvgIpc) is 2.78. The molecule has 158 valence electrons. The van der Waals surface area contributed by atoms with E-state index in [1.165, 1.54) is 36.0 Å². The SMILES string of the molecule is CC[C@H](Sc1ncccc1C(=O)Oc1cccc([N+](=O)[O-])c1)C(=O)N1CCOCC1. The number of nitro groups is 1. The Kier molecular flexibility index (Phi) is 7.36. The topological polar surface area (TPSA) is 112 Å². The Morgan fingerprint density at radius 2 is 2.07 bits per heavy atom. The molecule has 0 bridgehead atoms. The van der Waals surface area contributed by atoms with Crippen molar-refractivity contribution >= 4 is 29.3 Å². The second-order valence-electron chi connectivity index (χ2n) is 6.45. The molecular formula is C20H21N3O6S. The van der Waals surface area contributed by atoms with Gasteiger partial charge in [0.1, 0.15) is 10.8 Å². The maximum atomic E-state index is 12.8. The first-order valence-corrected chi connectivity index (χ1v) is 10.3. The van der Waals surface area contributed by atoms with Gasteiger partial charge < -0.3 is 14.4 Å². The van der Waals surface area contributed by atoms with Gasteiger partial charge in [0, 0.05) is 25.4 Å². The quantitative estimate of drug-likeness (QED) is 0.216. The third kappa shape index (κ3) is 5.33. The molecule has 10 heteroatoms. The lowest BCUT2D eigenvalue weighted by Gasteiger charge is -2.29. The van der Waals surface area contributed by atoms with Crippen molar-refractivity contribution < 1.29 is 24.0 Å². The second-order valence-corrected chi connectivity index (χ2v) is 7.64. The van der Waals surface area contributed by atoms with Gasteiger partial charge in [-0.2, -0.15) is 0 Å². The highest BCUT2D eigenvalue weighted by molar-refractivity contribution is 8.00. The van der Waals surface area contributed by atoms with Crippen molar-refractivity contribution in [2.45, 2.75) is 23.6 Å². The van der Waals surface area contributed by atoms with Crippen LogP contribution in [0.5, 0.6) is 5.75 Å². The molecule has 1 atom stereocenters. The number of amides is 1. The van der Waals surface area contributed by atoms with Crippen LogP contribution in [0.4, 0.5) is 5.69 Å². The summed E-state index contributed by atoms with van der Waals surface area (Å²) in [5, 5.41) is 10.9. The molecular weight excluding hydrogens is 410 g/mol. The van der Waals surface area contributed by atoms with E-state index in [4.69, 9.17) is 9.47 Å². The van der Waals surface area contributed by atoms with Crippen LogP contribution in [0, 0.1) is 10.1 Å². The highest BCUT2D eigenvalue weighted by atomic mass is 32.2. The minimum atomic E-state index is -0.695. The molecule has 2 heterocycles. The van der Waals surface area contributed by atoms with E-state index in [1.807, 2.05) is 6.92 Å². The number of nitrogens with zero attached hydrogens (tertiary/aromatic N) is 3. The molecule has 0 radical (unpaired) electrons. The van der Waals surface area contributed by atoms with Crippen LogP contribution in [-0.2, 0) is 9.53 Å². The van der Waals surface area contributed by atoms with Gasteiger partial charge in [-0.1, -0.05) is 24.8 Å². The van der Waals surface area contributed by atoms with Gasteiger partial charge in [0.2, 0.25) is 5.91 Å². The fourth-order valence-electron chi connectivity index (χ4n) is 2.89.